The first-order chi connectivity index (χ1) is 14.4. The third kappa shape index (κ3) is 4.50. The molecule has 1 aliphatic rings. The number of benzene rings is 3. The quantitative estimate of drug-likeness (QED) is 0.589. The molecule has 5 nitrogen and oxygen atoms in total. The minimum absolute atomic E-state index is 0.0302. The lowest BCUT2D eigenvalue weighted by molar-refractivity contribution is 0.0932. The van der Waals surface area contributed by atoms with E-state index in [0.717, 1.165) is 24.8 Å². The van der Waals surface area contributed by atoms with E-state index >= 15 is 0 Å². The molecular formula is C23H21ClN2O3S. The van der Waals surface area contributed by atoms with Gasteiger partial charge in [-0.25, -0.2) is 8.42 Å². The molecule has 0 radical (unpaired) electrons. The molecule has 154 valence electrons. The Hall–Kier alpha value is -2.83. The van der Waals surface area contributed by atoms with Gasteiger partial charge in [-0.3, -0.25) is 9.52 Å². The molecule has 1 amide bonds. The van der Waals surface area contributed by atoms with Crippen LogP contribution in [-0.2, 0) is 16.4 Å². The van der Waals surface area contributed by atoms with Crippen molar-refractivity contribution in [2.75, 3.05) is 4.72 Å². The molecule has 1 aliphatic carbocycles. The van der Waals surface area contributed by atoms with E-state index in [0.29, 0.717) is 16.3 Å². The Morgan fingerprint density at radius 1 is 0.933 bits per heavy atom. The van der Waals surface area contributed by atoms with Crippen LogP contribution in [0.3, 0.4) is 0 Å². The van der Waals surface area contributed by atoms with Crippen molar-refractivity contribution in [1.29, 1.82) is 0 Å². The fourth-order valence-electron chi connectivity index (χ4n) is 3.66. The summed E-state index contributed by atoms with van der Waals surface area (Å²) in [4.78, 5) is 12.8. The van der Waals surface area contributed by atoms with Crippen LogP contribution in [0.15, 0.2) is 77.7 Å². The van der Waals surface area contributed by atoms with Crippen LogP contribution in [0.5, 0.6) is 0 Å². The predicted octanol–water partition coefficient (Wildman–Crippen LogP) is 4.95. The molecule has 2 N–H and O–H groups in total. The number of anilines is 1. The van der Waals surface area contributed by atoms with Gasteiger partial charge in [-0.1, -0.05) is 35.9 Å². The van der Waals surface area contributed by atoms with Crippen molar-refractivity contribution < 1.29 is 13.2 Å². The first kappa shape index (κ1) is 20.4. The van der Waals surface area contributed by atoms with Gasteiger partial charge in [0.05, 0.1) is 10.9 Å². The summed E-state index contributed by atoms with van der Waals surface area (Å²) in [5, 5.41) is 3.60. The second kappa shape index (κ2) is 8.50. The number of aryl methyl sites for hydroxylation is 1. The first-order valence-corrected chi connectivity index (χ1v) is 11.6. The molecule has 0 saturated carbocycles. The molecule has 0 saturated heterocycles. The highest BCUT2D eigenvalue weighted by Crippen LogP contribution is 2.29. The van der Waals surface area contributed by atoms with Gasteiger partial charge < -0.3 is 5.32 Å². The predicted molar refractivity (Wildman–Crippen MR) is 118 cm³/mol. The second-order valence-corrected chi connectivity index (χ2v) is 9.37. The summed E-state index contributed by atoms with van der Waals surface area (Å²) < 4.78 is 27.7. The third-order valence-corrected chi connectivity index (χ3v) is 6.85. The molecule has 3 aromatic rings. The minimum atomic E-state index is -3.76. The zero-order valence-corrected chi connectivity index (χ0v) is 17.7. The maximum Gasteiger partial charge on any atom is 0.261 e. The SMILES string of the molecule is O=C(NC1CCCc2ccccc21)c1ccc(S(=O)(=O)Nc2ccc(Cl)cc2)cc1. The lowest BCUT2D eigenvalue weighted by atomic mass is 9.87. The van der Waals surface area contributed by atoms with Crippen molar-refractivity contribution in [3.05, 3.63) is 94.5 Å². The lowest BCUT2D eigenvalue weighted by Gasteiger charge is -2.26. The molecule has 1 atom stereocenters. The molecule has 1 unspecified atom stereocenters. The van der Waals surface area contributed by atoms with E-state index in [1.54, 1.807) is 24.3 Å². The lowest BCUT2D eigenvalue weighted by Crippen LogP contribution is -2.31. The van der Waals surface area contributed by atoms with E-state index in [1.165, 1.54) is 29.8 Å². The number of halogens is 1. The topological polar surface area (TPSA) is 75.3 Å². The summed E-state index contributed by atoms with van der Waals surface area (Å²) >= 11 is 5.83. The first-order valence-electron chi connectivity index (χ1n) is 9.69. The molecule has 30 heavy (non-hydrogen) atoms. The molecule has 3 aromatic carbocycles. The average molecular weight is 441 g/mol. The summed E-state index contributed by atoms with van der Waals surface area (Å²) in [6.07, 6.45) is 2.94. The largest absolute Gasteiger partial charge is 0.345 e. The summed E-state index contributed by atoms with van der Waals surface area (Å²) in [6.45, 7) is 0. The highest BCUT2D eigenvalue weighted by molar-refractivity contribution is 7.92. The van der Waals surface area contributed by atoms with E-state index in [-0.39, 0.29) is 16.8 Å². The third-order valence-electron chi connectivity index (χ3n) is 5.20. The van der Waals surface area contributed by atoms with Gasteiger partial charge in [0, 0.05) is 16.3 Å². The van der Waals surface area contributed by atoms with Crippen LogP contribution in [0, 0.1) is 0 Å². The van der Waals surface area contributed by atoms with Crippen molar-refractivity contribution in [1.82, 2.24) is 5.32 Å². The molecule has 0 spiro atoms. The monoisotopic (exact) mass is 440 g/mol. The number of fused-ring (bicyclic) bond motifs is 1. The van der Waals surface area contributed by atoms with Crippen LogP contribution in [0.25, 0.3) is 0 Å². The summed E-state index contributed by atoms with van der Waals surface area (Å²) in [5.74, 6) is -0.216. The molecule has 7 heteroatoms. The van der Waals surface area contributed by atoms with Gasteiger partial charge in [0.25, 0.3) is 15.9 Å². The number of nitrogens with one attached hydrogen (secondary N) is 2. The molecule has 4 rings (SSSR count). The molecule has 0 fully saturated rings. The van der Waals surface area contributed by atoms with Crippen molar-refractivity contribution >= 4 is 33.2 Å². The maximum absolute atomic E-state index is 12.7. The Morgan fingerprint density at radius 2 is 1.63 bits per heavy atom. The number of hydrogen-bond donors (Lipinski definition) is 2. The van der Waals surface area contributed by atoms with Crippen molar-refractivity contribution in [2.45, 2.75) is 30.2 Å². The number of hydrogen-bond acceptors (Lipinski definition) is 3. The number of amides is 1. The zero-order chi connectivity index (χ0) is 21.1. The average Bonchev–Trinajstić information content (AvgIpc) is 2.75. The Morgan fingerprint density at radius 3 is 2.37 bits per heavy atom. The Labute approximate surface area is 181 Å². The van der Waals surface area contributed by atoms with Gasteiger partial charge in [-0.15, -0.1) is 0 Å². The van der Waals surface area contributed by atoms with Gasteiger partial charge in [0.15, 0.2) is 0 Å². The highest BCUT2D eigenvalue weighted by Gasteiger charge is 2.22. The van der Waals surface area contributed by atoms with Gasteiger partial charge in [-0.05, 0) is 78.9 Å². The van der Waals surface area contributed by atoms with Crippen LogP contribution in [0.2, 0.25) is 5.02 Å². The number of rotatable bonds is 5. The van der Waals surface area contributed by atoms with Crippen molar-refractivity contribution in [3.63, 3.8) is 0 Å². The van der Waals surface area contributed by atoms with Gasteiger partial charge in [0.2, 0.25) is 0 Å². The smallest absolute Gasteiger partial charge is 0.261 e. The molecule has 0 heterocycles. The summed E-state index contributed by atoms with van der Waals surface area (Å²) in [7, 11) is -3.76. The fraction of sp³-hybridized carbons (Fsp3) is 0.174. The molecular weight excluding hydrogens is 420 g/mol. The maximum atomic E-state index is 12.7. The number of carbonyl (C=O) groups is 1. The highest BCUT2D eigenvalue weighted by atomic mass is 35.5. The van der Waals surface area contributed by atoms with E-state index in [4.69, 9.17) is 11.6 Å². The normalized spacial score (nSPS) is 15.8. The van der Waals surface area contributed by atoms with Crippen LogP contribution in [0.1, 0.15) is 40.4 Å². The Kier molecular flexibility index (Phi) is 5.79. The zero-order valence-electron chi connectivity index (χ0n) is 16.1. The molecule has 0 aliphatic heterocycles. The van der Waals surface area contributed by atoms with Crippen LogP contribution >= 0.6 is 11.6 Å². The Balaban J connectivity index is 1.47. The van der Waals surface area contributed by atoms with Crippen molar-refractivity contribution in [2.24, 2.45) is 0 Å². The second-order valence-electron chi connectivity index (χ2n) is 7.25. The number of sulfonamides is 1. The van der Waals surface area contributed by atoms with E-state index < -0.39 is 10.0 Å². The van der Waals surface area contributed by atoms with Gasteiger partial charge >= 0.3 is 0 Å². The summed E-state index contributed by atoms with van der Waals surface area (Å²) in [6, 6.07) is 20.4. The molecule has 0 aromatic heterocycles. The van der Waals surface area contributed by atoms with Crippen LogP contribution < -0.4 is 10.0 Å². The van der Waals surface area contributed by atoms with E-state index in [9.17, 15) is 13.2 Å². The van der Waals surface area contributed by atoms with Gasteiger partial charge in [0.1, 0.15) is 0 Å². The van der Waals surface area contributed by atoms with E-state index in [1.807, 2.05) is 12.1 Å². The van der Waals surface area contributed by atoms with Crippen LogP contribution in [-0.4, -0.2) is 14.3 Å². The standard InChI is InChI=1S/C23H21ClN2O3S/c24-18-10-12-19(13-11-18)26-30(28,29)20-14-8-17(9-15-20)23(27)25-22-7-3-5-16-4-1-2-6-21(16)22/h1-2,4,6,8-15,22,26H,3,5,7H2,(H,25,27). The van der Waals surface area contributed by atoms with Crippen molar-refractivity contribution in [3.8, 4) is 0 Å². The number of carbonyl (C=O) groups excluding carboxylic acids is 1. The summed E-state index contributed by atoms with van der Waals surface area (Å²) in [5.41, 5.74) is 3.26. The minimum Gasteiger partial charge on any atom is -0.345 e. The fourth-order valence-corrected chi connectivity index (χ4v) is 4.85. The Bertz CT molecular complexity index is 1160. The van der Waals surface area contributed by atoms with E-state index in [2.05, 4.69) is 22.2 Å². The van der Waals surface area contributed by atoms with Gasteiger partial charge in [-0.2, -0.15) is 0 Å². The van der Waals surface area contributed by atoms with Crippen LogP contribution in [0.4, 0.5) is 5.69 Å². The molecule has 0 bridgehead atoms.